The minimum Gasteiger partial charge on any atom is -0.464 e. The fraction of sp³-hybridized carbons (Fsp3) is 0.900. The van der Waals surface area contributed by atoms with Crippen molar-refractivity contribution in [3.8, 4) is 0 Å². The second-order valence-electron chi connectivity index (χ2n) is 4.54. The highest BCUT2D eigenvalue weighted by molar-refractivity contribution is 5.37. The molecule has 0 bridgehead atoms. The summed E-state index contributed by atoms with van der Waals surface area (Å²) < 4.78 is 78.7. The van der Waals surface area contributed by atoms with E-state index in [1.165, 1.54) is 13.8 Å². The Morgan fingerprint density at radius 2 is 1.53 bits per heavy atom. The van der Waals surface area contributed by atoms with Gasteiger partial charge in [-0.3, -0.25) is 4.79 Å². The van der Waals surface area contributed by atoms with E-state index in [4.69, 9.17) is 5.11 Å². The Balaban J connectivity index is 5.24. The van der Waals surface area contributed by atoms with Crippen LogP contribution in [0, 0.1) is 5.92 Å². The van der Waals surface area contributed by atoms with E-state index < -0.39 is 30.5 Å². The zero-order valence-electron chi connectivity index (χ0n) is 10.2. The molecule has 0 rings (SSSR count). The maximum atomic E-state index is 12.4. The Bertz CT molecular complexity index is 283. The summed E-state index contributed by atoms with van der Waals surface area (Å²) in [6.45, 7) is 2.82. The van der Waals surface area contributed by atoms with E-state index >= 15 is 0 Å². The number of carbonyl (C=O) groups excluding carboxylic acids is 1. The zero-order valence-corrected chi connectivity index (χ0v) is 10.2. The molecule has 1 unspecified atom stereocenters. The molecule has 0 spiro atoms. The quantitative estimate of drug-likeness (QED) is 0.605. The third kappa shape index (κ3) is 4.55. The first kappa shape index (κ1) is 18.0. The molecular weight excluding hydrogens is 282 g/mol. The standard InChI is InChI=1S/C10H14F6O3/c1-6(2)3-7(19-5-17)4-8(18,9(11,12)13)10(14,15)16/h5-7,18H,3-4H2,1-2H3. The van der Waals surface area contributed by atoms with Crippen molar-refractivity contribution >= 4 is 6.47 Å². The Kier molecular flexibility index (Phi) is 5.66. The summed E-state index contributed by atoms with van der Waals surface area (Å²) in [5.74, 6) is -0.310. The summed E-state index contributed by atoms with van der Waals surface area (Å²) in [5.41, 5.74) is -4.90. The summed E-state index contributed by atoms with van der Waals surface area (Å²) in [6, 6.07) is 0. The van der Waals surface area contributed by atoms with Gasteiger partial charge in [0.1, 0.15) is 6.10 Å². The second kappa shape index (κ2) is 5.98. The molecule has 0 aliphatic heterocycles. The number of aliphatic hydroxyl groups is 1. The molecule has 0 aromatic heterocycles. The molecular formula is C10H14F6O3. The van der Waals surface area contributed by atoms with Gasteiger partial charge in [-0.15, -0.1) is 0 Å². The molecule has 0 saturated carbocycles. The second-order valence-corrected chi connectivity index (χ2v) is 4.54. The highest BCUT2D eigenvalue weighted by Gasteiger charge is 2.70. The molecule has 0 heterocycles. The molecule has 0 aliphatic rings. The summed E-state index contributed by atoms with van der Waals surface area (Å²) in [6.07, 6.45) is -15.5. The third-order valence-electron chi connectivity index (χ3n) is 2.44. The highest BCUT2D eigenvalue weighted by atomic mass is 19.4. The molecule has 0 aromatic rings. The minimum absolute atomic E-state index is 0.229. The van der Waals surface area contributed by atoms with Crippen molar-refractivity contribution in [1.82, 2.24) is 0 Å². The predicted molar refractivity (Wildman–Crippen MR) is 52.1 cm³/mol. The maximum absolute atomic E-state index is 12.4. The SMILES string of the molecule is CC(C)CC(CC(O)(C(F)(F)F)C(F)(F)F)OC=O. The lowest BCUT2D eigenvalue weighted by atomic mass is 9.90. The Morgan fingerprint density at radius 3 is 1.79 bits per heavy atom. The molecule has 9 heteroatoms. The molecule has 0 fully saturated rings. The van der Waals surface area contributed by atoms with Gasteiger partial charge in [0.15, 0.2) is 0 Å². The molecule has 0 radical (unpaired) electrons. The van der Waals surface area contributed by atoms with Crippen LogP contribution in [0.25, 0.3) is 0 Å². The van der Waals surface area contributed by atoms with Crippen LogP contribution < -0.4 is 0 Å². The van der Waals surface area contributed by atoms with Crippen LogP contribution in [0.4, 0.5) is 26.3 Å². The summed E-state index contributed by atoms with van der Waals surface area (Å²) in [7, 11) is 0. The largest absolute Gasteiger partial charge is 0.464 e. The Morgan fingerprint density at radius 1 is 1.11 bits per heavy atom. The first-order chi connectivity index (χ1) is 8.35. The van der Waals surface area contributed by atoms with E-state index in [0.717, 1.165) is 0 Å². The van der Waals surface area contributed by atoms with Crippen LogP contribution in [0.2, 0.25) is 0 Å². The Hall–Kier alpha value is -0.990. The topological polar surface area (TPSA) is 46.5 Å². The van der Waals surface area contributed by atoms with Gasteiger partial charge >= 0.3 is 12.4 Å². The van der Waals surface area contributed by atoms with Crippen LogP contribution in [-0.4, -0.2) is 35.6 Å². The van der Waals surface area contributed by atoms with E-state index in [1.807, 2.05) is 0 Å². The number of hydrogen-bond donors (Lipinski definition) is 1. The van der Waals surface area contributed by atoms with E-state index in [1.54, 1.807) is 0 Å². The molecule has 0 amide bonds. The number of alkyl halides is 6. The maximum Gasteiger partial charge on any atom is 0.426 e. The van der Waals surface area contributed by atoms with Crippen molar-refractivity contribution in [2.75, 3.05) is 0 Å². The van der Waals surface area contributed by atoms with E-state index in [2.05, 4.69) is 4.74 Å². The van der Waals surface area contributed by atoms with E-state index in [-0.39, 0.29) is 18.8 Å². The molecule has 1 atom stereocenters. The lowest BCUT2D eigenvalue weighted by Gasteiger charge is -2.34. The predicted octanol–water partition coefficient (Wildman–Crippen LogP) is 2.82. The van der Waals surface area contributed by atoms with Gasteiger partial charge in [-0.05, 0) is 12.3 Å². The highest BCUT2D eigenvalue weighted by Crippen LogP contribution is 2.46. The van der Waals surface area contributed by atoms with Crippen LogP contribution >= 0.6 is 0 Å². The van der Waals surface area contributed by atoms with Crippen LogP contribution in [0.5, 0.6) is 0 Å². The minimum atomic E-state index is -5.91. The van der Waals surface area contributed by atoms with Gasteiger partial charge in [0, 0.05) is 6.42 Å². The lowest BCUT2D eigenvalue weighted by molar-refractivity contribution is -0.374. The number of hydrogen-bond acceptors (Lipinski definition) is 3. The Labute approximate surface area is 105 Å². The van der Waals surface area contributed by atoms with Gasteiger partial charge in [0.25, 0.3) is 12.1 Å². The first-order valence-corrected chi connectivity index (χ1v) is 5.30. The monoisotopic (exact) mass is 296 g/mol. The van der Waals surface area contributed by atoms with Crippen molar-refractivity contribution in [2.45, 2.75) is 50.7 Å². The van der Waals surface area contributed by atoms with Crippen molar-refractivity contribution in [3.05, 3.63) is 0 Å². The number of ether oxygens (including phenoxy) is 1. The van der Waals surface area contributed by atoms with E-state index in [9.17, 15) is 31.1 Å². The molecule has 114 valence electrons. The van der Waals surface area contributed by atoms with Crippen molar-refractivity contribution in [3.63, 3.8) is 0 Å². The van der Waals surface area contributed by atoms with E-state index in [0.29, 0.717) is 0 Å². The van der Waals surface area contributed by atoms with Gasteiger partial charge in [0.05, 0.1) is 0 Å². The van der Waals surface area contributed by atoms with Crippen LogP contribution in [0.15, 0.2) is 0 Å². The van der Waals surface area contributed by atoms with Crippen molar-refractivity contribution in [2.24, 2.45) is 5.92 Å². The first-order valence-electron chi connectivity index (χ1n) is 5.30. The lowest BCUT2D eigenvalue weighted by Crippen LogP contribution is -2.58. The molecule has 1 N–H and O–H groups in total. The molecule has 0 aromatic carbocycles. The average Bonchev–Trinajstić information content (AvgIpc) is 2.12. The van der Waals surface area contributed by atoms with Gasteiger partial charge in [-0.25, -0.2) is 0 Å². The van der Waals surface area contributed by atoms with Crippen molar-refractivity contribution in [1.29, 1.82) is 0 Å². The third-order valence-corrected chi connectivity index (χ3v) is 2.44. The number of halogens is 6. The van der Waals surface area contributed by atoms with Gasteiger partial charge < -0.3 is 9.84 Å². The summed E-state index contributed by atoms with van der Waals surface area (Å²) in [4.78, 5) is 10.1. The van der Waals surface area contributed by atoms with Gasteiger partial charge in [-0.1, -0.05) is 13.8 Å². The molecule has 0 aliphatic carbocycles. The van der Waals surface area contributed by atoms with Gasteiger partial charge in [0.2, 0.25) is 0 Å². The molecule has 19 heavy (non-hydrogen) atoms. The van der Waals surface area contributed by atoms with Crippen molar-refractivity contribution < 1.29 is 41.0 Å². The van der Waals surface area contributed by atoms with Crippen LogP contribution in [-0.2, 0) is 9.53 Å². The fourth-order valence-electron chi connectivity index (χ4n) is 1.51. The molecule has 0 saturated heterocycles. The number of carbonyl (C=O) groups is 1. The normalized spacial score (nSPS) is 15.5. The summed E-state index contributed by atoms with van der Waals surface area (Å²) in [5, 5.41) is 8.95. The van der Waals surface area contributed by atoms with Crippen LogP contribution in [0.1, 0.15) is 26.7 Å². The fourth-order valence-corrected chi connectivity index (χ4v) is 1.51. The van der Waals surface area contributed by atoms with Gasteiger partial charge in [-0.2, -0.15) is 26.3 Å². The summed E-state index contributed by atoms with van der Waals surface area (Å²) >= 11 is 0. The zero-order chi connectivity index (χ0) is 15.5. The van der Waals surface area contributed by atoms with Crippen LogP contribution in [0.3, 0.4) is 0 Å². The smallest absolute Gasteiger partial charge is 0.426 e. The number of rotatable bonds is 6. The average molecular weight is 296 g/mol. The molecule has 3 nitrogen and oxygen atoms in total.